The van der Waals surface area contributed by atoms with Crippen LogP contribution in [0.15, 0.2) is 11.0 Å². The molecule has 0 bridgehead atoms. The van der Waals surface area contributed by atoms with E-state index in [-0.39, 0.29) is 24.2 Å². The molecule has 1 aromatic carbocycles. The lowest BCUT2D eigenvalue weighted by molar-refractivity contribution is -0.142. The van der Waals surface area contributed by atoms with Crippen LogP contribution in [-0.4, -0.2) is 18.1 Å². The van der Waals surface area contributed by atoms with Gasteiger partial charge in [-0.1, -0.05) is 13.8 Å². The van der Waals surface area contributed by atoms with Gasteiger partial charge in [0.15, 0.2) is 23.3 Å². The van der Waals surface area contributed by atoms with E-state index in [0.717, 1.165) is 7.11 Å². The molecule has 0 radical (unpaired) electrons. The fourth-order valence-corrected chi connectivity index (χ4v) is 4.07. The summed E-state index contributed by atoms with van der Waals surface area (Å²) in [6, 6.07) is -0.0750. The van der Waals surface area contributed by atoms with Crippen LogP contribution < -0.4 is 0 Å². The third-order valence-electron chi connectivity index (χ3n) is 4.35. The number of hydrogen-bond donors (Lipinski definition) is 0. The molecule has 0 saturated carbocycles. The highest BCUT2D eigenvalue weighted by Crippen LogP contribution is 2.41. The lowest BCUT2D eigenvalue weighted by Gasteiger charge is -2.22. The molecule has 0 fully saturated rings. The summed E-state index contributed by atoms with van der Waals surface area (Å²) in [6.45, 7) is 3.05. The third kappa shape index (κ3) is 5.74. The Kier molecular flexibility index (Phi) is 8.31. The van der Waals surface area contributed by atoms with E-state index in [9.17, 15) is 44.3 Å². The highest BCUT2D eigenvalue weighted by atomic mass is 32.2. The minimum Gasteiger partial charge on any atom is -0.465 e. The number of pyridine rings is 1. The first-order valence-corrected chi connectivity index (χ1v) is 10.1. The first-order chi connectivity index (χ1) is 15.2. The summed E-state index contributed by atoms with van der Waals surface area (Å²) in [4.78, 5) is 13.9. The monoisotopic (exact) mass is 505 g/mol. The maximum Gasteiger partial charge on any atom is 0.433 e. The normalized spacial score (nSPS) is 12.1. The average molecular weight is 505 g/mol. The van der Waals surface area contributed by atoms with Crippen molar-refractivity contribution in [2.75, 3.05) is 7.11 Å². The molecule has 0 unspecified atom stereocenters. The summed E-state index contributed by atoms with van der Waals surface area (Å²) in [6.07, 6.45) is -9.22. The van der Waals surface area contributed by atoms with Crippen LogP contribution in [0.5, 0.6) is 0 Å². The molecule has 3 nitrogen and oxygen atoms in total. The Bertz CT molecular complexity index is 1030. The first kappa shape index (κ1) is 26.8. The number of thioether (sulfide) groups is 1. The summed E-state index contributed by atoms with van der Waals surface area (Å²) < 4.78 is 128. The number of rotatable bonds is 7. The molecule has 33 heavy (non-hydrogen) atoms. The van der Waals surface area contributed by atoms with Gasteiger partial charge in [0.25, 0.3) is 6.43 Å². The Labute approximate surface area is 186 Å². The van der Waals surface area contributed by atoms with Gasteiger partial charge in [-0.2, -0.15) is 13.2 Å². The second-order valence-corrected chi connectivity index (χ2v) is 8.14. The van der Waals surface area contributed by atoms with Crippen LogP contribution in [0.2, 0.25) is 0 Å². The van der Waals surface area contributed by atoms with E-state index in [1.165, 1.54) is 13.8 Å². The van der Waals surface area contributed by atoms with E-state index in [1.54, 1.807) is 0 Å². The molecule has 0 saturated heterocycles. The van der Waals surface area contributed by atoms with Crippen molar-refractivity contribution >= 4 is 17.7 Å². The molecule has 0 amide bonds. The predicted molar refractivity (Wildman–Crippen MR) is 99.9 cm³/mol. The van der Waals surface area contributed by atoms with Crippen molar-refractivity contribution in [1.82, 2.24) is 4.98 Å². The summed E-state index contributed by atoms with van der Waals surface area (Å²) >= 11 is -0.0407. The molecular weight excluding hydrogens is 489 g/mol. The lowest BCUT2D eigenvalue weighted by atomic mass is 9.91. The summed E-state index contributed by atoms with van der Waals surface area (Å²) in [5, 5.41) is 0. The van der Waals surface area contributed by atoms with Crippen LogP contribution in [0.3, 0.4) is 0 Å². The summed E-state index contributed by atoms with van der Waals surface area (Å²) in [5.74, 6) is -10.1. The van der Waals surface area contributed by atoms with Gasteiger partial charge in [-0.15, -0.1) is 11.8 Å². The minimum atomic E-state index is -5.30. The lowest BCUT2D eigenvalue weighted by Crippen LogP contribution is -2.22. The van der Waals surface area contributed by atoms with Crippen molar-refractivity contribution in [2.24, 2.45) is 5.92 Å². The fourth-order valence-electron chi connectivity index (χ4n) is 3.03. The van der Waals surface area contributed by atoms with E-state index in [4.69, 9.17) is 0 Å². The molecule has 0 aliphatic rings. The molecular formula is C20H16F9NO2S. The second kappa shape index (κ2) is 10.2. The van der Waals surface area contributed by atoms with Crippen molar-refractivity contribution in [3.05, 3.63) is 57.4 Å². The smallest absolute Gasteiger partial charge is 0.433 e. The number of ether oxygens (including phenoxy) is 1. The first-order valence-electron chi connectivity index (χ1n) is 9.15. The highest BCUT2D eigenvalue weighted by molar-refractivity contribution is 7.98. The van der Waals surface area contributed by atoms with Crippen LogP contribution in [0.1, 0.15) is 53.1 Å². The van der Waals surface area contributed by atoms with E-state index in [0.29, 0.717) is 0 Å². The number of esters is 1. The fraction of sp³-hybridized carbons (Fsp3) is 0.400. The third-order valence-corrected chi connectivity index (χ3v) is 5.43. The van der Waals surface area contributed by atoms with Crippen molar-refractivity contribution in [3.63, 3.8) is 0 Å². The van der Waals surface area contributed by atoms with Crippen molar-refractivity contribution in [2.45, 2.75) is 43.5 Å². The number of carbonyl (C=O) groups is 1. The zero-order valence-corrected chi connectivity index (χ0v) is 18.0. The van der Waals surface area contributed by atoms with Gasteiger partial charge in [0.1, 0.15) is 11.4 Å². The molecule has 0 N–H and O–H groups in total. The minimum absolute atomic E-state index is 0.0407. The number of halogens is 9. The number of hydrogen-bond acceptors (Lipinski definition) is 4. The van der Waals surface area contributed by atoms with E-state index in [2.05, 4.69) is 9.72 Å². The molecule has 0 spiro atoms. The number of carbonyl (C=O) groups excluding carboxylic acids is 1. The van der Waals surface area contributed by atoms with Gasteiger partial charge < -0.3 is 4.74 Å². The van der Waals surface area contributed by atoms with E-state index >= 15 is 0 Å². The number of aromatic nitrogens is 1. The van der Waals surface area contributed by atoms with E-state index < -0.39 is 86.5 Å². The number of alkyl halides is 5. The molecule has 0 aliphatic heterocycles. The Balaban J connectivity index is 2.83. The quantitative estimate of drug-likeness (QED) is 0.178. The topological polar surface area (TPSA) is 39.2 Å². The SMILES string of the molecule is COC(=O)c1c(C(F)F)nc(C(F)(F)F)c(CSc2c(F)c(F)cc(F)c2F)c1CC(C)C. The van der Waals surface area contributed by atoms with E-state index in [1.807, 2.05) is 0 Å². The van der Waals surface area contributed by atoms with Crippen LogP contribution >= 0.6 is 11.8 Å². The summed E-state index contributed by atoms with van der Waals surface area (Å²) in [5.41, 5.74) is -5.54. The van der Waals surface area contributed by atoms with Crippen LogP contribution in [0.25, 0.3) is 0 Å². The van der Waals surface area contributed by atoms with Crippen LogP contribution in [0, 0.1) is 29.2 Å². The number of benzene rings is 1. The Morgan fingerprint density at radius 1 is 1.06 bits per heavy atom. The Morgan fingerprint density at radius 2 is 1.61 bits per heavy atom. The van der Waals surface area contributed by atoms with Gasteiger partial charge in [-0.3, -0.25) is 0 Å². The van der Waals surface area contributed by atoms with Crippen molar-refractivity contribution < 1.29 is 49.0 Å². The van der Waals surface area contributed by atoms with Gasteiger partial charge >= 0.3 is 12.1 Å². The van der Waals surface area contributed by atoms with Crippen molar-refractivity contribution in [1.29, 1.82) is 0 Å². The van der Waals surface area contributed by atoms with Gasteiger partial charge in [0.2, 0.25) is 0 Å². The van der Waals surface area contributed by atoms with Crippen LogP contribution in [0.4, 0.5) is 39.5 Å². The highest BCUT2D eigenvalue weighted by Gasteiger charge is 2.40. The molecule has 0 aliphatic carbocycles. The molecule has 2 aromatic rings. The van der Waals surface area contributed by atoms with Gasteiger partial charge in [0.05, 0.1) is 17.6 Å². The molecule has 1 heterocycles. The average Bonchev–Trinajstić information content (AvgIpc) is 2.70. The molecule has 2 rings (SSSR count). The Morgan fingerprint density at radius 3 is 2.03 bits per heavy atom. The molecule has 1 aromatic heterocycles. The predicted octanol–water partition coefficient (Wildman–Crippen LogP) is 6.87. The number of methoxy groups -OCH3 is 1. The molecule has 0 atom stereocenters. The standard InChI is InChI=1S/C20H16F9NO2S/c1-7(2)4-8-9(6-33-16-13(23)10(21)5-11(22)14(16)24)17(20(27,28)29)30-15(18(25)26)12(8)19(31)32-3/h5,7,18H,4,6H2,1-3H3. The largest absolute Gasteiger partial charge is 0.465 e. The van der Waals surface area contributed by atoms with Crippen LogP contribution in [-0.2, 0) is 23.1 Å². The second-order valence-electron chi connectivity index (χ2n) is 7.15. The maximum atomic E-state index is 14.0. The molecule has 13 heteroatoms. The zero-order valence-electron chi connectivity index (χ0n) is 17.2. The zero-order chi connectivity index (χ0) is 25.2. The Hall–Kier alpha value is -2.44. The van der Waals surface area contributed by atoms with Gasteiger partial charge in [0, 0.05) is 11.8 Å². The van der Waals surface area contributed by atoms with Gasteiger partial charge in [-0.05, 0) is 23.5 Å². The van der Waals surface area contributed by atoms with Crippen molar-refractivity contribution in [3.8, 4) is 0 Å². The number of nitrogens with zero attached hydrogens (tertiary/aromatic N) is 1. The molecule has 182 valence electrons. The maximum absolute atomic E-state index is 14.0. The van der Waals surface area contributed by atoms with Gasteiger partial charge in [-0.25, -0.2) is 36.1 Å². The summed E-state index contributed by atoms with van der Waals surface area (Å²) in [7, 11) is 0.823.